The maximum atomic E-state index is 2.53. The van der Waals surface area contributed by atoms with Gasteiger partial charge in [-0.3, -0.25) is 0 Å². The van der Waals surface area contributed by atoms with Crippen LogP contribution in [0.4, 0.5) is 0 Å². The summed E-state index contributed by atoms with van der Waals surface area (Å²) < 4.78 is 0. The van der Waals surface area contributed by atoms with Crippen molar-refractivity contribution in [3.8, 4) is 11.1 Å². The molecule has 0 atom stereocenters. The van der Waals surface area contributed by atoms with Gasteiger partial charge in [-0.1, -0.05) is 76.4 Å². The molecule has 2 aliphatic rings. The van der Waals surface area contributed by atoms with Gasteiger partial charge >= 0.3 is 0 Å². The van der Waals surface area contributed by atoms with E-state index < -0.39 is 0 Å². The zero-order valence-corrected chi connectivity index (χ0v) is 23.4. The van der Waals surface area contributed by atoms with Gasteiger partial charge in [0.15, 0.2) is 0 Å². The summed E-state index contributed by atoms with van der Waals surface area (Å²) in [5.41, 5.74) is 7.98. The highest BCUT2D eigenvalue weighted by Crippen LogP contribution is 2.41. The maximum absolute atomic E-state index is 2.53. The number of unbranched alkanes of at least 4 members (excludes halogenated alkanes) is 3. The van der Waals surface area contributed by atoms with Crippen LogP contribution in [0, 0.1) is 0 Å². The summed E-state index contributed by atoms with van der Waals surface area (Å²) >= 11 is 0. The van der Waals surface area contributed by atoms with Gasteiger partial charge in [0.2, 0.25) is 0 Å². The predicted octanol–water partition coefficient (Wildman–Crippen LogP) is 11.4. The average molecular weight is 497 g/mol. The SMILES string of the molecule is CCCCc1c2ccc3cc4cc5cc6ccccc6cc5cc4cc3cc-2c(CCCC)c1CCCC. The van der Waals surface area contributed by atoms with E-state index in [0.29, 0.717) is 0 Å². The van der Waals surface area contributed by atoms with Crippen molar-refractivity contribution in [1.29, 1.82) is 0 Å². The minimum absolute atomic E-state index is 1.20. The molecule has 38 heavy (non-hydrogen) atoms. The predicted molar refractivity (Wildman–Crippen MR) is 169 cm³/mol. The van der Waals surface area contributed by atoms with E-state index in [1.807, 2.05) is 0 Å². The molecule has 0 aliphatic heterocycles. The molecule has 192 valence electrons. The molecule has 0 amide bonds. The van der Waals surface area contributed by atoms with Gasteiger partial charge in [0.25, 0.3) is 0 Å². The Kier molecular flexibility index (Phi) is 7.07. The first kappa shape index (κ1) is 24.9. The zero-order valence-electron chi connectivity index (χ0n) is 23.4. The van der Waals surface area contributed by atoms with Crippen molar-refractivity contribution < 1.29 is 0 Å². The van der Waals surface area contributed by atoms with E-state index in [-0.39, 0.29) is 0 Å². The van der Waals surface area contributed by atoms with E-state index >= 15 is 0 Å². The summed E-state index contributed by atoms with van der Waals surface area (Å²) in [6.45, 7) is 6.97. The molecule has 0 bridgehead atoms. The van der Waals surface area contributed by atoms with E-state index in [9.17, 15) is 0 Å². The van der Waals surface area contributed by atoms with Crippen LogP contribution in [0.15, 0.2) is 78.9 Å². The number of rotatable bonds is 9. The molecule has 0 saturated heterocycles. The first-order valence-electron chi connectivity index (χ1n) is 15.0. The van der Waals surface area contributed by atoms with Crippen LogP contribution >= 0.6 is 0 Å². The van der Waals surface area contributed by atoms with Crippen LogP contribution in [-0.4, -0.2) is 0 Å². The molecule has 0 radical (unpaired) electrons. The molecular weight excluding hydrogens is 456 g/mol. The fourth-order valence-corrected chi connectivity index (χ4v) is 6.50. The van der Waals surface area contributed by atoms with Crippen molar-refractivity contribution in [2.75, 3.05) is 0 Å². The highest BCUT2D eigenvalue weighted by molar-refractivity contribution is 6.08. The molecule has 0 saturated carbocycles. The van der Waals surface area contributed by atoms with E-state index in [4.69, 9.17) is 0 Å². The third-order valence-electron chi connectivity index (χ3n) is 8.60. The quantitative estimate of drug-likeness (QED) is 0.175. The third kappa shape index (κ3) is 4.55. The van der Waals surface area contributed by atoms with E-state index in [2.05, 4.69) is 99.6 Å². The Labute approximate surface area is 228 Å². The smallest absolute Gasteiger partial charge is 0.0140 e. The van der Waals surface area contributed by atoms with Crippen LogP contribution in [0.1, 0.15) is 76.0 Å². The first-order valence-corrected chi connectivity index (χ1v) is 15.0. The fourth-order valence-electron chi connectivity index (χ4n) is 6.50. The second-order valence-corrected chi connectivity index (χ2v) is 11.3. The summed E-state index contributed by atoms with van der Waals surface area (Å²) in [6, 6.07) is 30.4. The van der Waals surface area contributed by atoms with Crippen molar-refractivity contribution in [2.45, 2.75) is 78.6 Å². The average Bonchev–Trinajstić information content (AvgIpc) is 3.07. The molecule has 6 rings (SSSR count). The normalized spacial score (nSPS) is 12.0. The highest BCUT2D eigenvalue weighted by atomic mass is 14.3. The van der Waals surface area contributed by atoms with Crippen molar-refractivity contribution in [3.05, 3.63) is 95.6 Å². The van der Waals surface area contributed by atoms with Gasteiger partial charge in [0.05, 0.1) is 0 Å². The largest absolute Gasteiger partial charge is 0.0654 e. The summed E-state index contributed by atoms with van der Waals surface area (Å²) in [7, 11) is 0. The summed E-state index contributed by atoms with van der Waals surface area (Å²) in [6.07, 6.45) is 11.2. The Morgan fingerprint density at radius 2 is 0.763 bits per heavy atom. The molecule has 0 fully saturated rings. The minimum atomic E-state index is 1.20. The third-order valence-corrected chi connectivity index (χ3v) is 8.60. The van der Waals surface area contributed by atoms with Crippen molar-refractivity contribution >= 4 is 43.1 Å². The molecule has 4 aromatic rings. The maximum Gasteiger partial charge on any atom is -0.0140 e. The highest BCUT2D eigenvalue weighted by Gasteiger charge is 2.22. The van der Waals surface area contributed by atoms with Crippen LogP contribution in [0.3, 0.4) is 0 Å². The van der Waals surface area contributed by atoms with E-state index in [1.165, 1.54) is 112 Å². The topological polar surface area (TPSA) is 0 Å². The number of hydrogen-bond donors (Lipinski definition) is 0. The van der Waals surface area contributed by atoms with Gasteiger partial charge in [-0.2, -0.15) is 0 Å². The Hall–Kier alpha value is -3.38. The lowest BCUT2D eigenvalue weighted by atomic mass is 9.96. The summed E-state index contributed by atoms with van der Waals surface area (Å²) in [5.74, 6) is 0. The standard InChI is InChI=1S/C38H40/c1-4-7-14-34-35(15-8-5-2)37-18-17-28-21-31-22-29-19-26-12-10-11-13-27(26)20-30(29)23-32(31)24-33(28)25-38(37)36(34)16-9-6-3/h10-13,17-25H,4-9,14-16H2,1-3H3. The van der Waals surface area contributed by atoms with E-state index in [1.54, 1.807) is 16.7 Å². The molecule has 0 heterocycles. The minimum Gasteiger partial charge on any atom is -0.0654 e. The zero-order chi connectivity index (χ0) is 26.1. The van der Waals surface area contributed by atoms with Gasteiger partial charge in [-0.05, 0) is 152 Å². The van der Waals surface area contributed by atoms with Crippen molar-refractivity contribution in [2.24, 2.45) is 0 Å². The lowest BCUT2D eigenvalue weighted by Gasteiger charge is -2.09. The first-order chi connectivity index (χ1) is 18.7. The molecular formula is C38H40. The lowest BCUT2D eigenvalue weighted by molar-refractivity contribution is 0.744. The van der Waals surface area contributed by atoms with Crippen molar-refractivity contribution in [1.82, 2.24) is 0 Å². The Morgan fingerprint density at radius 3 is 1.26 bits per heavy atom. The fraction of sp³-hybridized carbons (Fsp3) is 0.316. The van der Waals surface area contributed by atoms with Gasteiger partial charge in [-0.25, -0.2) is 0 Å². The monoisotopic (exact) mass is 496 g/mol. The molecule has 0 nitrogen and oxygen atoms in total. The van der Waals surface area contributed by atoms with Gasteiger partial charge in [0.1, 0.15) is 0 Å². The van der Waals surface area contributed by atoms with Gasteiger partial charge < -0.3 is 0 Å². The van der Waals surface area contributed by atoms with Crippen LogP contribution in [-0.2, 0) is 19.3 Å². The van der Waals surface area contributed by atoms with Gasteiger partial charge in [0, 0.05) is 0 Å². The molecule has 0 aromatic heterocycles. The Morgan fingerprint density at radius 1 is 0.368 bits per heavy atom. The van der Waals surface area contributed by atoms with Crippen LogP contribution in [0.25, 0.3) is 54.2 Å². The molecule has 2 aliphatic carbocycles. The summed E-state index contributed by atoms with van der Waals surface area (Å²) in [5, 5.41) is 10.6. The number of fused-ring (bicyclic) bond motifs is 5. The van der Waals surface area contributed by atoms with Crippen LogP contribution in [0.2, 0.25) is 0 Å². The second-order valence-electron chi connectivity index (χ2n) is 11.3. The number of benzene rings is 4. The van der Waals surface area contributed by atoms with Crippen LogP contribution < -0.4 is 0 Å². The van der Waals surface area contributed by atoms with Crippen molar-refractivity contribution in [3.63, 3.8) is 0 Å². The molecule has 0 unspecified atom stereocenters. The molecule has 0 spiro atoms. The molecule has 0 heteroatoms. The second kappa shape index (κ2) is 10.8. The Bertz CT molecular complexity index is 1720. The Balaban J connectivity index is 1.58. The molecule has 4 aromatic carbocycles. The molecule has 0 N–H and O–H groups in total. The van der Waals surface area contributed by atoms with Crippen LogP contribution in [0.5, 0.6) is 0 Å². The van der Waals surface area contributed by atoms with E-state index in [0.717, 1.165) is 0 Å². The number of hydrogen-bond acceptors (Lipinski definition) is 0. The summed E-state index contributed by atoms with van der Waals surface area (Å²) in [4.78, 5) is 0. The lowest BCUT2D eigenvalue weighted by Crippen LogP contribution is -1.96. The van der Waals surface area contributed by atoms with Gasteiger partial charge in [-0.15, -0.1) is 0 Å².